The molecule has 2 rings (SSSR count). The third kappa shape index (κ3) is 3.02. The maximum Gasteiger partial charge on any atom is 0.405 e. The van der Waals surface area contributed by atoms with E-state index >= 15 is 0 Å². The van der Waals surface area contributed by atoms with Gasteiger partial charge in [0.15, 0.2) is 5.03 Å². The van der Waals surface area contributed by atoms with Crippen LogP contribution in [0.25, 0.3) is 0 Å². The lowest BCUT2D eigenvalue weighted by Crippen LogP contribution is -2.49. The van der Waals surface area contributed by atoms with E-state index in [2.05, 4.69) is 10.4 Å². The van der Waals surface area contributed by atoms with Crippen LogP contribution >= 0.6 is 0 Å². The summed E-state index contributed by atoms with van der Waals surface area (Å²) < 4.78 is 65.4. The maximum absolute atomic E-state index is 13.1. The first-order chi connectivity index (χ1) is 9.64. The number of hydrogen-bond donors (Lipinski definition) is 1. The van der Waals surface area contributed by atoms with E-state index in [1.807, 2.05) is 0 Å². The number of amides is 1. The van der Waals surface area contributed by atoms with Crippen LogP contribution in [0.4, 0.5) is 13.2 Å². The van der Waals surface area contributed by atoms with E-state index in [-0.39, 0.29) is 11.6 Å². The Balaban J connectivity index is 2.47. The second kappa shape index (κ2) is 5.30. The zero-order valence-electron chi connectivity index (χ0n) is 11.0. The number of carbonyl (C=O) groups is 1. The molecule has 0 aliphatic carbocycles. The number of alkyl halides is 3. The zero-order chi connectivity index (χ0) is 15.8. The predicted octanol–water partition coefficient (Wildman–Crippen LogP) is -0.138. The van der Waals surface area contributed by atoms with Crippen molar-refractivity contribution in [2.75, 3.05) is 13.1 Å². The number of carbonyl (C=O) groups excluding carboxylic acids is 1. The fraction of sp³-hybridized carbons (Fsp3) is 0.600. The fourth-order valence-electron chi connectivity index (χ4n) is 2.11. The van der Waals surface area contributed by atoms with Gasteiger partial charge in [-0.1, -0.05) is 0 Å². The van der Waals surface area contributed by atoms with E-state index < -0.39 is 41.1 Å². The van der Waals surface area contributed by atoms with Crippen molar-refractivity contribution in [3.8, 4) is 0 Å². The Kier molecular flexibility index (Phi) is 3.97. The average Bonchev–Trinajstić information content (AvgIpc) is 2.66. The molecule has 1 atom stereocenters. The molecule has 1 aliphatic rings. The summed E-state index contributed by atoms with van der Waals surface area (Å²) in [5.41, 5.74) is 0. The molecule has 118 valence electrons. The summed E-state index contributed by atoms with van der Waals surface area (Å²) in [6.07, 6.45) is -4.62. The molecule has 0 radical (unpaired) electrons. The number of aryl methyl sites for hydroxylation is 1. The van der Waals surface area contributed by atoms with Crippen molar-refractivity contribution in [3.05, 3.63) is 12.3 Å². The van der Waals surface area contributed by atoms with Gasteiger partial charge >= 0.3 is 6.18 Å². The number of nitrogens with one attached hydrogen (secondary N) is 1. The van der Waals surface area contributed by atoms with Crippen molar-refractivity contribution in [2.24, 2.45) is 7.05 Å². The summed E-state index contributed by atoms with van der Waals surface area (Å²) in [5.74, 6) is -0.833. The molecule has 0 unspecified atom stereocenters. The third-order valence-electron chi connectivity index (χ3n) is 3.11. The standard InChI is InChI=1S/C10H13F3N4O3S/c1-16-9(2-3-15-16)21(19,20)17-5-4-14-8(18)6-7(17)10(11,12)13/h2-3,7H,4-6H2,1H3,(H,14,18)/t7-/m1/s1. The lowest BCUT2D eigenvalue weighted by Gasteiger charge is -2.29. The van der Waals surface area contributed by atoms with Gasteiger partial charge in [0.2, 0.25) is 5.91 Å². The second-order valence-electron chi connectivity index (χ2n) is 4.52. The highest BCUT2D eigenvalue weighted by atomic mass is 32.2. The van der Waals surface area contributed by atoms with E-state index in [1.54, 1.807) is 0 Å². The first kappa shape index (κ1) is 15.8. The van der Waals surface area contributed by atoms with Gasteiger partial charge in [-0.2, -0.15) is 22.6 Å². The van der Waals surface area contributed by atoms with Crippen LogP contribution in [0.5, 0.6) is 0 Å². The van der Waals surface area contributed by atoms with Crippen LogP contribution in [0.2, 0.25) is 0 Å². The Labute approximate surface area is 118 Å². The number of nitrogens with zero attached hydrogens (tertiary/aromatic N) is 3. The van der Waals surface area contributed by atoms with Crippen LogP contribution in [-0.4, -0.2) is 53.7 Å². The van der Waals surface area contributed by atoms with Gasteiger partial charge in [-0.05, 0) is 6.07 Å². The molecule has 1 fully saturated rings. The molecule has 1 amide bonds. The molecule has 1 N–H and O–H groups in total. The number of halogens is 3. The van der Waals surface area contributed by atoms with Gasteiger partial charge < -0.3 is 5.32 Å². The summed E-state index contributed by atoms with van der Waals surface area (Å²) >= 11 is 0. The van der Waals surface area contributed by atoms with Crippen molar-refractivity contribution in [2.45, 2.75) is 23.7 Å². The summed E-state index contributed by atoms with van der Waals surface area (Å²) in [4.78, 5) is 11.3. The molecule has 7 nitrogen and oxygen atoms in total. The molecule has 1 aliphatic heterocycles. The lowest BCUT2D eigenvalue weighted by atomic mass is 10.2. The van der Waals surface area contributed by atoms with Gasteiger partial charge in [0.05, 0.1) is 12.6 Å². The topological polar surface area (TPSA) is 84.3 Å². The molecule has 0 saturated carbocycles. The Bertz CT molecular complexity index is 640. The highest BCUT2D eigenvalue weighted by molar-refractivity contribution is 7.89. The van der Waals surface area contributed by atoms with Gasteiger partial charge in [-0.25, -0.2) is 8.42 Å². The molecule has 0 bridgehead atoms. The Hall–Kier alpha value is -1.62. The summed E-state index contributed by atoms with van der Waals surface area (Å²) in [7, 11) is -3.09. The molecule has 0 aromatic carbocycles. The molecule has 1 aromatic rings. The van der Waals surface area contributed by atoms with Crippen molar-refractivity contribution in [3.63, 3.8) is 0 Å². The van der Waals surface area contributed by atoms with Gasteiger partial charge in [0.1, 0.15) is 6.04 Å². The van der Waals surface area contributed by atoms with E-state index in [0.717, 1.165) is 10.7 Å². The first-order valence-corrected chi connectivity index (χ1v) is 7.41. The Morgan fingerprint density at radius 1 is 1.43 bits per heavy atom. The van der Waals surface area contributed by atoms with E-state index in [4.69, 9.17) is 0 Å². The van der Waals surface area contributed by atoms with Crippen LogP contribution in [0.15, 0.2) is 17.3 Å². The monoisotopic (exact) mass is 326 g/mol. The number of hydrogen-bond acceptors (Lipinski definition) is 4. The minimum absolute atomic E-state index is 0.178. The number of rotatable bonds is 2. The van der Waals surface area contributed by atoms with Crippen LogP contribution in [-0.2, 0) is 21.9 Å². The normalized spacial score (nSPS) is 21.9. The van der Waals surface area contributed by atoms with Gasteiger partial charge in [0, 0.05) is 20.1 Å². The molecule has 2 heterocycles. The molecule has 11 heteroatoms. The SMILES string of the molecule is Cn1nccc1S(=O)(=O)N1CCNC(=O)C[C@@H]1C(F)(F)F. The van der Waals surface area contributed by atoms with Crippen molar-refractivity contribution in [1.29, 1.82) is 0 Å². The van der Waals surface area contributed by atoms with Crippen LogP contribution in [0.3, 0.4) is 0 Å². The van der Waals surface area contributed by atoms with Crippen LogP contribution in [0.1, 0.15) is 6.42 Å². The van der Waals surface area contributed by atoms with E-state index in [1.165, 1.54) is 13.2 Å². The van der Waals surface area contributed by atoms with E-state index in [0.29, 0.717) is 4.31 Å². The minimum atomic E-state index is -4.84. The largest absolute Gasteiger partial charge is 0.405 e. The summed E-state index contributed by atoms with van der Waals surface area (Å²) in [5, 5.41) is 5.54. The molecule has 1 saturated heterocycles. The zero-order valence-corrected chi connectivity index (χ0v) is 11.8. The van der Waals surface area contributed by atoms with Crippen molar-refractivity contribution < 1.29 is 26.4 Å². The maximum atomic E-state index is 13.1. The highest BCUT2D eigenvalue weighted by Crippen LogP contribution is 2.31. The minimum Gasteiger partial charge on any atom is -0.355 e. The van der Waals surface area contributed by atoms with Crippen molar-refractivity contribution >= 4 is 15.9 Å². The second-order valence-corrected chi connectivity index (χ2v) is 6.36. The lowest BCUT2D eigenvalue weighted by molar-refractivity contribution is -0.173. The predicted molar refractivity (Wildman–Crippen MR) is 64.6 cm³/mol. The summed E-state index contributed by atoms with van der Waals surface area (Å²) in [6.45, 7) is -0.633. The molecular weight excluding hydrogens is 313 g/mol. The fourth-order valence-corrected chi connectivity index (χ4v) is 3.83. The smallest absolute Gasteiger partial charge is 0.355 e. The van der Waals surface area contributed by atoms with Crippen LogP contribution < -0.4 is 5.32 Å². The van der Waals surface area contributed by atoms with Crippen molar-refractivity contribution in [1.82, 2.24) is 19.4 Å². The first-order valence-electron chi connectivity index (χ1n) is 5.97. The van der Waals surface area contributed by atoms with Gasteiger partial charge in [-0.3, -0.25) is 9.48 Å². The quantitative estimate of drug-likeness (QED) is 0.820. The molecule has 21 heavy (non-hydrogen) atoms. The van der Waals surface area contributed by atoms with Gasteiger partial charge in [-0.15, -0.1) is 0 Å². The third-order valence-corrected chi connectivity index (χ3v) is 5.09. The highest BCUT2D eigenvalue weighted by Gasteiger charge is 2.50. The molecule has 0 spiro atoms. The molecular formula is C10H13F3N4O3S. The number of sulfonamides is 1. The average molecular weight is 326 g/mol. The van der Waals surface area contributed by atoms with Crippen LogP contribution in [0, 0.1) is 0 Å². The Morgan fingerprint density at radius 3 is 2.62 bits per heavy atom. The Morgan fingerprint density at radius 2 is 2.10 bits per heavy atom. The molecule has 1 aromatic heterocycles. The van der Waals surface area contributed by atoms with Gasteiger partial charge in [0.25, 0.3) is 10.0 Å². The van der Waals surface area contributed by atoms with E-state index in [9.17, 15) is 26.4 Å². The number of aromatic nitrogens is 2. The summed E-state index contributed by atoms with van der Waals surface area (Å²) in [6, 6.07) is -1.27.